The van der Waals surface area contributed by atoms with E-state index in [1.165, 1.54) is 0 Å². The fourth-order valence-electron chi connectivity index (χ4n) is 1.54. The Bertz CT molecular complexity index is 446. The van der Waals surface area contributed by atoms with Crippen LogP contribution in [0.2, 0.25) is 0 Å². The van der Waals surface area contributed by atoms with Crippen LogP contribution in [0.1, 0.15) is 37.0 Å². The summed E-state index contributed by atoms with van der Waals surface area (Å²) in [5, 5.41) is 5.58. The zero-order valence-corrected chi connectivity index (χ0v) is 11.4. The second-order valence-electron chi connectivity index (χ2n) is 4.42. The van der Waals surface area contributed by atoms with Gasteiger partial charge in [0.2, 0.25) is 5.91 Å². The van der Waals surface area contributed by atoms with Gasteiger partial charge in [0.25, 0.3) is 5.91 Å². The molecule has 4 N–H and O–H groups in total. The molecule has 0 bridgehead atoms. The molecule has 1 atom stereocenters. The molecule has 0 aliphatic rings. The monoisotopic (exact) mass is 263 g/mol. The van der Waals surface area contributed by atoms with E-state index in [9.17, 15) is 9.59 Å². The molecule has 1 aromatic rings. The van der Waals surface area contributed by atoms with Crippen molar-refractivity contribution in [3.8, 4) is 0 Å². The van der Waals surface area contributed by atoms with Gasteiger partial charge in [0.05, 0.1) is 11.3 Å². The van der Waals surface area contributed by atoms with E-state index in [1.807, 2.05) is 13.8 Å². The fourth-order valence-corrected chi connectivity index (χ4v) is 1.54. The van der Waals surface area contributed by atoms with Crippen LogP contribution in [0.25, 0.3) is 0 Å². The summed E-state index contributed by atoms with van der Waals surface area (Å²) in [4.78, 5) is 23.6. The quantitative estimate of drug-likeness (QED) is 0.727. The lowest BCUT2D eigenvalue weighted by atomic mass is 10.1. The Morgan fingerprint density at radius 2 is 2.00 bits per heavy atom. The largest absolute Gasteiger partial charge is 0.350 e. The Labute approximate surface area is 113 Å². The van der Waals surface area contributed by atoms with E-state index in [4.69, 9.17) is 5.73 Å². The Kier molecular flexibility index (Phi) is 6.02. The summed E-state index contributed by atoms with van der Waals surface area (Å²) in [5.41, 5.74) is 6.31. The van der Waals surface area contributed by atoms with E-state index in [1.54, 1.807) is 24.3 Å². The summed E-state index contributed by atoms with van der Waals surface area (Å²) in [7, 11) is 0. The molecule has 0 aromatic heterocycles. The number of para-hydroxylation sites is 1. The van der Waals surface area contributed by atoms with Crippen LogP contribution in [0, 0.1) is 0 Å². The van der Waals surface area contributed by atoms with E-state index in [2.05, 4.69) is 10.6 Å². The molecule has 0 saturated carbocycles. The first kappa shape index (κ1) is 15.2. The maximum absolute atomic E-state index is 12.1. The minimum Gasteiger partial charge on any atom is -0.350 e. The number of carbonyl (C=O) groups excluding carboxylic acids is 2. The average molecular weight is 263 g/mol. The summed E-state index contributed by atoms with van der Waals surface area (Å²) in [6, 6.07) is 7.04. The van der Waals surface area contributed by atoms with Crippen molar-refractivity contribution in [1.29, 1.82) is 0 Å². The highest BCUT2D eigenvalue weighted by Crippen LogP contribution is 2.15. The first-order chi connectivity index (χ1) is 9.08. The van der Waals surface area contributed by atoms with Crippen LogP contribution in [0.5, 0.6) is 0 Å². The minimum atomic E-state index is -0.189. The van der Waals surface area contributed by atoms with Crippen molar-refractivity contribution in [3.05, 3.63) is 29.8 Å². The number of nitrogens with one attached hydrogen (secondary N) is 2. The summed E-state index contributed by atoms with van der Waals surface area (Å²) < 4.78 is 0. The highest BCUT2D eigenvalue weighted by atomic mass is 16.2. The maximum atomic E-state index is 12.1. The third-order valence-corrected chi connectivity index (χ3v) is 2.81. The molecule has 0 radical (unpaired) electrons. The predicted molar refractivity (Wildman–Crippen MR) is 76.0 cm³/mol. The second kappa shape index (κ2) is 7.53. The molecule has 0 aliphatic heterocycles. The van der Waals surface area contributed by atoms with Gasteiger partial charge in [-0.1, -0.05) is 19.1 Å². The summed E-state index contributed by atoms with van der Waals surface area (Å²) in [6.45, 7) is 4.22. The van der Waals surface area contributed by atoms with Gasteiger partial charge in [-0.25, -0.2) is 0 Å². The molecule has 0 fully saturated rings. The van der Waals surface area contributed by atoms with Crippen LogP contribution in [0.3, 0.4) is 0 Å². The Morgan fingerprint density at radius 3 is 2.63 bits per heavy atom. The smallest absolute Gasteiger partial charge is 0.253 e. The number of benzene rings is 1. The second-order valence-corrected chi connectivity index (χ2v) is 4.42. The molecule has 1 aromatic carbocycles. The van der Waals surface area contributed by atoms with Gasteiger partial charge in [0.15, 0.2) is 0 Å². The van der Waals surface area contributed by atoms with E-state index >= 15 is 0 Å². The predicted octanol–water partition coefficient (Wildman–Crippen LogP) is 1.50. The normalized spacial score (nSPS) is 11.7. The van der Waals surface area contributed by atoms with Crippen LogP contribution in [-0.2, 0) is 4.79 Å². The lowest BCUT2D eigenvalue weighted by Gasteiger charge is -2.14. The van der Waals surface area contributed by atoms with Crippen molar-refractivity contribution < 1.29 is 9.59 Å². The molecule has 5 heteroatoms. The summed E-state index contributed by atoms with van der Waals surface area (Å²) in [6.07, 6.45) is 1.09. The van der Waals surface area contributed by atoms with Gasteiger partial charge in [-0.2, -0.15) is 0 Å². The van der Waals surface area contributed by atoms with Gasteiger partial charge < -0.3 is 16.4 Å². The number of carbonyl (C=O) groups is 2. The topological polar surface area (TPSA) is 84.2 Å². The van der Waals surface area contributed by atoms with Gasteiger partial charge in [-0.05, 0) is 25.5 Å². The Hall–Kier alpha value is -1.88. The van der Waals surface area contributed by atoms with Crippen LogP contribution in [0.15, 0.2) is 24.3 Å². The minimum absolute atomic E-state index is 0.0975. The van der Waals surface area contributed by atoms with E-state index in [-0.39, 0.29) is 30.8 Å². The standard InChI is InChI=1S/C14H21N3O2/c1-3-10(2)16-14(19)11-6-4-5-7-12(11)17-13(18)8-9-15/h4-7,10H,3,8-9,15H2,1-2H3,(H,16,19)(H,17,18). The zero-order chi connectivity index (χ0) is 14.3. The molecule has 0 aliphatic carbocycles. The van der Waals surface area contributed by atoms with Gasteiger partial charge in [0.1, 0.15) is 0 Å². The number of hydrogen-bond acceptors (Lipinski definition) is 3. The number of nitrogens with two attached hydrogens (primary N) is 1. The molecule has 0 heterocycles. The zero-order valence-electron chi connectivity index (χ0n) is 11.4. The third kappa shape index (κ3) is 4.71. The molecule has 2 amide bonds. The average Bonchev–Trinajstić information content (AvgIpc) is 2.39. The lowest BCUT2D eigenvalue weighted by Crippen LogP contribution is -2.32. The molecular weight excluding hydrogens is 242 g/mol. The molecule has 19 heavy (non-hydrogen) atoms. The third-order valence-electron chi connectivity index (χ3n) is 2.81. The molecule has 1 rings (SSSR count). The van der Waals surface area contributed by atoms with Crippen LogP contribution >= 0.6 is 0 Å². The molecule has 104 valence electrons. The number of hydrogen-bond donors (Lipinski definition) is 3. The fraction of sp³-hybridized carbons (Fsp3) is 0.429. The first-order valence-corrected chi connectivity index (χ1v) is 6.48. The highest BCUT2D eigenvalue weighted by molar-refractivity contribution is 6.03. The molecule has 5 nitrogen and oxygen atoms in total. The Balaban J connectivity index is 2.83. The highest BCUT2D eigenvalue weighted by Gasteiger charge is 2.14. The van der Waals surface area contributed by atoms with Gasteiger partial charge in [-0.3, -0.25) is 9.59 Å². The van der Waals surface area contributed by atoms with E-state index in [0.29, 0.717) is 11.3 Å². The van der Waals surface area contributed by atoms with Crippen molar-refractivity contribution >= 4 is 17.5 Å². The number of amides is 2. The van der Waals surface area contributed by atoms with Crippen molar-refractivity contribution in [3.63, 3.8) is 0 Å². The van der Waals surface area contributed by atoms with Gasteiger partial charge in [0, 0.05) is 19.0 Å². The van der Waals surface area contributed by atoms with Crippen molar-refractivity contribution in [1.82, 2.24) is 5.32 Å². The van der Waals surface area contributed by atoms with Crippen LogP contribution in [-0.4, -0.2) is 24.4 Å². The molecular formula is C14H21N3O2. The number of anilines is 1. The van der Waals surface area contributed by atoms with Gasteiger partial charge >= 0.3 is 0 Å². The molecule has 1 unspecified atom stereocenters. The first-order valence-electron chi connectivity index (χ1n) is 6.48. The van der Waals surface area contributed by atoms with Crippen LogP contribution < -0.4 is 16.4 Å². The van der Waals surface area contributed by atoms with E-state index in [0.717, 1.165) is 6.42 Å². The number of rotatable bonds is 6. The SMILES string of the molecule is CCC(C)NC(=O)c1ccccc1NC(=O)CCN. The summed E-state index contributed by atoms with van der Waals surface area (Å²) in [5.74, 6) is -0.371. The van der Waals surface area contributed by atoms with Gasteiger partial charge in [-0.15, -0.1) is 0 Å². The van der Waals surface area contributed by atoms with Crippen molar-refractivity contribution in [2.24, 2.45) is 5.73 Å². The lowest BCUT2D eigenvalue weighted by molar-refractivity contribution is -0.116. The Morgan fingerprint density at radius 1 is 1.32 bits per heavy atom. The van der Waals surface area contributed by atoms with Crippen LogP contribution in [0.4, 0.5) is 5.69 Å². The van der Waals surface area contributed by atoms with E-state index < -0.39 is 0 Å². The van der Waals surface area contributed by atoms with Crippen molar-refractivity contribution in [2.45, 2.75) is 32.7 Å². The molecule has 0 spiro atoms. The van der Waals surface area contributed by atoms with Crippen molar-refractivity contribution in [2.75, 3.05) is 11.9 Å². The maximum Gasteiger partial charge on any atom is 0.253 e. The summed E-state index contributed by atoms with van der Waals surface area (Å²) >= 11 is 0. The molecule has 0 saturated heterocycles.